The Labute approximate surface area is 109 Å². The number of nitrogens with zero attached hydrogens (tertiary/aromatic N) is 1. The molecule has 94 valence electrons. The number of hydrogen-bond donors (Lipinski definition) is 1. The summed E-state index contributed by atoms with van der Waals surface area (Å²) in [5, 5.41) is 10.2. The largest absolute Gasteiger partial charge is 0.481 e. The zero-order chi connectivity index (χ0) is 13.1. The van der Waals surface area contributed by atoms with E-state index in [1.165, 1.54) is 5.56 Å². The molecule has 2 unspecified atom stereocenters. The molecule has 18 heavy (non-hydrogen) atoms. The molecule has 2 atom stereocenters. The van der Waals surface area contributed by atoms with Crippen molar-refractivity contribution in [3.05, 3.63) is 28.8 Å². The Balaban J connectivity index is 2.04. The number of aliphatic carboxylic acids is 1. The van der Waals surface area contributed by atoms with Crippen LogP contribution in [0.2, 0.25) is 0 Å². The molecule has 2 aromatic rings. The SMILES string of the molecule is Cc1ccc2sc(C3C(C(=O)O)C3(C)C)nc2c1. The van der Waals surface area contributed by atoms with E-state index in [9.17, 15) is 9.90 Å². The second-order valence-electron chi connectivity index (χ2n) is 5.64. The first-order valence-corrected chi connectivity index (χ1v) is 6.83. The van der Waals surface area contributed by atoms with Crippen molar-refractivity contribution in [3.8, 4) is 0 Å². The number of carbonyl (C=O) groups is 1. The highest BCUT2D eigenvalue weighted by atomic mass is 32.1. The minimum atomic E-state index is -0.708. The van der Waals surface area contributed by atoms with Gasteiger partial charge in [0.05, 0.1) is 21.1 Å². The van der Waals surface area contributed by atoms with E-state index in [1.807, 2.05) is 20.8 Å². The summed E-state index contributed by atoms with van der Waals surface area (Å²) in [5.74, 6) is -0.938. The van der Waals surface area contributed by atoms with E-state index in [-0.39, 0.29) is 17.3 Å². The number of aryl methyl sites for hydroxylation is 1. The van der Waals surface area contributed by atoms with E-state index in [0.717, 1.165) is 15.2 Å². The summed E-state index contributed by atoms with van der Waals surface area (Å²) in [5.41, 5.74) is 2.00. The molecule has 1 heterocycles. The number of thiazole rings is 1. The van der Waals surface area contributed by atoms with Crippen LogP contribution < -0.4 is 0 Å². The lowest BCUT2D eigenvalue weighted by atomic mass is 10.1. The summed E-state index contributed by atoms with van der Waals surface area (Å²) in [7, 11) is 0. The van der Waals surface area contributed by atoms with Crippen LogP contribution in [0.15, 0.2) is 18.2 Å². The van der Waals surface area contributed by atoms with Crippen LogP contribution in [-0.4, -0.2) is 16.1 Å². The van der Waals surface area contributed by atoms with Gasteiger partial charge in [0.1, 0.15) is 0 Å². The van der Waals surface area contributed by atoms with E-state index < -0.39 is 5.97 Å². The normalized spacial score (nSPS) is 25.3. The topological polar surface area (TPSA) is 50.2 Å². The quantitative estimate of drug-likeness (QED) is 0.901. The predicted molar refractivity (Wildman–Crippen MR) is 72.0 cm³/mol. The lowest BCUT2D eigenvalue weighted by Crippen LogP contribution is -2.03. The summed E-state index contributed by atoms with van der Waals surface area (Å²) in [6, 6.07) is 6.19. The molecular weight excluding hydrogens is 246 g/mol. The number of rotatable bonds is 2. The Morgan fingerprint density at radius 1 is 1.44 bits per heavy atom. The van der Waals surface area contributed by atoms with Crippen LogP contribution in [0, 0.1) is 18.3 Å². The molecule has 0 bridgehead atoms. The first kappa shape index (κ1) is 11.7. The highest BCUT2D eigenvalue weighted by molar-refractivity contribution is 7.18. The van der Waals surface area contributed by atoms with Crippen LogP contribution in [0.5, 0.6) is 0 Å². The third-order valence-corrected chi connectivity index (χ3v) is 5.04. The fourth-order valence-corrected chi connectivity index (χ4v) is 4.03. The van der Waals surface area contributed by atoms with Gasteiger partial charge in [0, 0.05) is 5.92 Å². The Kier molecular flexibility index (Phi) is 2.29. The van der Waals surface area contributed by atoms with Crippen LogP contribution in [0.4, 0.5) is 0 Å². The first-order chi connectivity index (χ1) is 8.41. The van der Waals surface area contributed by atoms with Crippen LogP contribution in [0.3, 0.4) is 0 Å². The second-order valence-corrected chi connectivity index (χ2v) is 6.70. The van der Waals surface area contributed by atoms with Gasteiger partial charge in [-0.25, -0.2) is 4.98 Å². The van der Waals surface area contributed by atoms with Crippen LogP contribution in [-0.2, 0) is 4.79 Å². The van der Waals surface area contributed by atoms with E-state index in [2.05, 4.69) is 23.2 Å². The molecule has 1 N–H and O–H groups in total. The van der Waals surface area contributed by atoms with Gasteiger partial charge in [-0.15, -0.1) is 11.3 Å². The summed E-state index contributed by atoms with van der Waals surface area (Å²) in [6.07, 6.45) is 0. The van der Waals surface area contributed by atoms with E-state index in [4.69, 9.17) is 0 Å². The van der Waals surface area contributed by atoms with Crippen LogP contribution >= 0.6 is 11.3 Å². The standard InChI is InChI=1S/C14H15NO2S/c1-7-4-5-9-8(6-7)15-12(18-9)10-11(13(16)17)14(10,2)3/h4-6,10-11H,1-3H3,(H,16,17). The Hall–Kier alpha value is -1.42. The predicted octanol–water partition coefficient (Wildman–Crippen LogP) is 3.43. The second kappa shape index (κ2) is 3.54. The first-order valence-electron chi connectivity index (χ1n) is 6.01. The van der Waals surface area contributed by atoms with Gasteiger partial charge in [0.15, 0.2) is 0 Å². The van der Waals surface area contributed by atoms with E-state index >= 15 is 0 Å². The molecule has 4 heteroatoms. The maximum Gasteiger partial charge on any atom is 0.307 e. The molecule has 0 radical (unpaired) electrons. The van der Waals surface area contributed by atoms with Gasteiger partial charge in [-0.05, 0) is 30.0 Å². The number of fused-ring (bicyclic) bond motifs is 1. The van der Waals surface area contributed by atoms with Crippen molar-refractivity contribution in [2.75, 3.05) is 0 Å². The zero-order valence-electron chi connectivity index (χ0n) is 10.6. The molecule has 3 nitrogen and oxygen atoms in total. The Morgan fingerprint density at radius 2 is 2.17 bits per heavy atom. The van der Waals surface area contributed by atoms with Gasteiger partial charge >= 0.3 is 5.97 Å². The molecule has 1 aliphatic rings. The maximum absolute atomic E-state index is 11.2. The van der Waals surface area contributed by atoms with E-state index in [1.54, 1.807) is 11.3 Å². The van der Waals surface area contributed by atoms with Crippen molar-refractivity contribution in [1.82, 2.24) is 4.98 Å². The average molecular weight is 261 g/mol. The van der Waals surface area contributed by atoms with Crippen molar-refractivity contribution in [3.63, 3.8) is 0 Å². The van der Waals surface area contributed by atoms with Crippen LogP contribution in [0.25, 0.3) is 10.2 Å². The summed E-state index contributed by atoms with van der Waals surface area (Å²) in [6.45, 7) is 6.06. The van der Waals surface area contributed by atoms with Crippen molar-refractivity contribution < 1.29 is 9.90 Å². The van der Waals surface area contributed by atoms with Gasteiger partial charge in [-0.1, -0.05) is 19.9 Å². The van der Waals surface area contributed by atoms with Crippen molar-refractivity contribution in [2.45, 2.75) is 26.7 Å². The maximum atomic E-state index is 11.2. The summed E-state index contributed by atoms with van der Waals surface area (Å²) < 4.78 is 1.14. The zero-order valence-corrected chi connectivity index (χ0v) is 11.4. The lowest BCUT2D eigenvalue weighted by molar-refractivity contribution is -0.139. The molecule has 0 spiro atoms. The third-order valence-electron chi connectivity index (χ3n) is 3.92. The summed E-state index contributed by atoms with van der Waals surface area (Å²) >= 11 is 1.63. The molecule has 1 aromatic heterocycles. The van der Waals surface area contributed by atoms with E-state index in [0.29, 0.717) is 0 Å². The van der Waals surface area contributed by atoms with Crippen LogP contribution in [0.1, 0.15) is 30.3 Å². The summed E-state index contributed by atoms with van der Waals surface area (Å²) in [4.78, 5) is 15.8. The number of carboxylic acid groups (broad SMARTS) is 1. The average Bonchev–Trinajstić information content (AvgIpc) is 2.66. The monoisotopic (exact) mass is 261 g/mol. The number of aromatic nitrogens is 1. The molecule has 1 aromatic carbocycles. The molecule has 0 amide bonds. The molecule has 1 fully saturated rings. The highest BCUT2D eigenvalue weighted by Gasteiger charge is 2.64. The van der Waals surface area contributed by atoms with Gasteiger partial charge in [-0.3, -0.25) is 4.79 Å². The Morgan fingerprint density at radius 3 is 2.78 bits per heavy atom. The smallest absolute Gasteiger partial charge is 0.307 e. The van der Waals surface area contributed by atoms with Gasteiger partial charge in [0.2, 0.25) is 0 Å². The fraction of sp³-hybridized carbons (Fsp3) is 0.429. The van der Waals surface area contributed by atoms with Gasteiger partial charge in [0.25, 0.3) is 0 Å². The molecule has 0 saturated heterocycles. The number of hydrogen-bond acceptors (Lipinski definition) is 3. The van der Waals surface area contributed by atoms with Crippen molar-refractivity contribution in [2.24, 2.45) is 11.3 Å². The third kappa shape index (κ3) is 1.56. The molecule has 0 aliphatic heterocycles. The Bertz CT molecular complexity index is 644. The highest BCUT2D eigenvalue weighted by Crippen LogP contribution is 2.65. The van der Waals surface area contributed by atoms with Gasteiger partial charge in [-0.2, -0.15) is 0 Å². The van der Waals surface area contributed by atoms with Crippen molar-refractivity contribution >= 4 is 27.5 Å². The fourth-order valence-electron chi connectivity index (χ4n) is 2.75. The molecule has 1 aliphatic carbocycles. The number of carboxylic acids is 1. The minimum Gasteiger partial charge on any atom is -0.481 e. The van der Waals surface area contributed by atoms with Gasteiger partial charge < -0.3 is 5.11 Å². The minimum absolute atomic E-state index is 0.0627. The number of benzene rings is 1. The lowest BCUT2D eigenvalue weighted by Gasteiger charge is -1.97. The molecule has 3 rings (SSSR count). The molecule has 1 saturated carbocycles. The van der Waals surface area contributed by atoms with Crippen molar-refractivity contribution in [1.29, 1.82) is 0 Å². The molecular formula is C14H15NO2S.